The fourth-order valence-corrected chi connectivity index (χ4v) is 5.02. The molecule has 2 aromatic rings. The number of hydrogen-bond acceptors (Lipinski definition) is 7. The van der Waals surface area contributed by atoms with Crippen LogP contribution in [0, 0.1) is 17.1 Å². The highest BCUT2D eigenvalue weighted by Crippen LogP contribution is 2.46. The van der Waals surface area contributed by atoms with Gasteiger partial charge in [-0.1, -0.05) is 6.07 Å². The highest BCUT2D eigenvalue weighted by molar-refractivity contribution is 7.15. The van der Waals surface area contributed by atoms with E-state index >= 15 is 0 Å². The third kappa shape index (κ3) is 4.76. The van der Waals surface area contributed by atoms with Gasteiger partial charge in [-0.25, -0.2) is 9.18 Å². The zero-order valence-electron chi connectivity index (χ0n) is 17.9. The number of carbonyl (C=O) groups excluding carboxylic acids is 2. The van der Waals surface area contributed by atoms with Crippen LogP contribution >= 0.6 is 11.3 Å². The molecule has 1 saturated heterocycles. The second kappa shape index (κ2) is 9.67. The zero-order valence-corrected chi connectivity index (χ0v) is 18.7. The average molecular weight is 457 g/mol. The molecule has 2 aliphatic rings. The van der Waals surface area contributed by atoms with Crippen LogP contribution in [0.5, 0.6) is 0 Å². The molecular formula is C23H25FN4O3S. The molecule has 1 aromatic heterocycles. The van der Waals surface area contributed by atoms with Gasteiger partial charge in [-0.15, -0.1) is 11.3 Å². The number of nitriles is 1. The van der Waals surface area contributed by atoms with Crippen LogP contribution in [0.2, 0.25) is 0 Å². The highest BCUT2D eigenvalue weighted by Gasteiger charge is 2.32. The molecule has 2 fully saturated rings. The molecule has 1 aromatic carbocycles. The summed E-state index contributed by atoms with van der Waals surface area (Å²) < 4.78 is 19.1. The minimum absolute atomic E-state index is 0.0503. The van der Waals surface area contributed by atoms with Gasteiger partial charge < -0.3 is 15.0 Å². The van der Waals surface area contributed by atoms with Gasteiger partial charge in [0.25, 0.3) is 0 Å². The number of nitrogens with one attached hydrogen (secondary N) is 1. The van der Waals surface area contributed by atoms with Crippen LogP contribution in [-0.2, 0) is 9.53 Å². The van der Waals surface area contributed by atoms with E-state index in [0.29, 0.717) is 48.3 Å². The predicted molar refractivity (Wildman–Crippen MR) is 121 cm³/mol. The first kappa shape index (κ1) is 22.2. The third-order valence-electron chi connectivity index (χ3n) is 5.75. The van der Waals surface area contributed by atoms with Crippen LogP contribution in [-0.4, -0.2) is 56.1 Å². The first-order chi connectivity index (χ1) is 15.5. The SMILES string of the molecule is CCOC(=O)c1c(C2CC2)csc1NC(=O)CN1CCN(c2cccc(F)c2C#N)CC1. The molecule has 0 unspecified atom stereocenters. The second-order valence-corrected chi connectivity index (χ2v) is 8.83. The van der Waals surface area contributed by atoms with Crippen molar-refractivity contribution < 1.29 is 18.7 Å². The van der Waals surface area contributed by atoms with E-state index < -0.39 is 5.82 Å². The maximum atomic E-state index is 13.9. The number of halogens is 1. The molecule has 2 heterocycles. The predicted octanol–water partition coefficient (Wildman–Crippen LogP) is 3.57. The summed E-state index contributed by atoms with van der Waals surface area (Å²) in [4.78, 5) is 29.1. The van der Waals surface area contributed by atoms with Crippen LogP contribution in [0.25, 0.3) is 0 Å². The summed E-state index contributed by atoms with van der Waals surface area (Å²) in [5.74, 6) is -0.712. The smallest absolute Gasteiger partial charge is 0.341 e. The van der Waals surface area contributed by atoms with Crippen molar-refractivity contribution >= 4 is 33.9 Å². The molecule has 9 heteroatoms. The molecule has 0 radical (unpaired) electrons. The highest BCUT2D eigenvalue weighted by atomic mass is 32.1. The monoisotopic (exact) mass is 456 g/mol. The molecule has 1 amide bonds. The lowest BCUT2D eigenvalue weighted by Gasteiger charge is -2.36. The molecule has 32 heavy (non-hydrogen) atoms. The summed E-state index contributed by atoms with van der Waals surface area (Å²) >= 11 is 1.37. The van der Waals surface area contributed by atoms with Gasteiger partial charge in [0.2, 0.25) is 5.91 Å². The van der Waals surface area contributed by atoms with Crippen LogP contribution in [0.3, 0.4) is 0 Å². The summed E-state index contributed by atoms with van der Waals surface area (Å²) in [7, 11) is 0. The van der Waals surface area contributed by atoms with Crippen LogP contribution in [0.15, 0.2) is 23.6 Å². The number of rotatable bonds is 7. The van der Waals surface area contributed by atoms with Gasteiger partial charge in [-0.2, -0.15) is 5.26 Å². The van der Waals surface area contributed by atoms with Gasteiger partial charge >= 0.3 is 5.97 Å². The first-order valence-corrected chi connectivity index (χ1v) is 11.6. The summed E-state index contributed by atoms with van der Waals surface area (Å²) in [5.41, 5.74) is 2.10. The number of piperazine rings is 1. The summed E-state index contributed by atoms with van der Waals surface area (Å²) in [6, 6.07) is 6.57. The van der Waals surface area contributed by atoms with Gasteiger partial charge in [0, 0.05) is 26.2 Å². The van der Waals surface area contributed by atoms with Crippen molar-refractivity contribution in [3.8, 4) is 6.07 Å². The summed E-state index contributed by atoms with van der Waals surface area (Å²) in [6.45, 7) is 4.64. The second-order valence-electron chi connectivity index (χ2n) is 7.95. The Bertz CT molecular complexity index is 1050. The first-order valence-electron chi connectivity index (χ1n) is 10.8. The minimum atomic E-state index is -0.522. The minimum Gasteiger partial charge on any atom is -0.462 e. The number of carbonyl (C=O) groups is 2. The zero-order chi connectivity index (χ0) is 22.7. The maximum Gasteiger partial charge on any atom is 0.341 e. The van der Waals surface area contributed by atoms with Crippen LogP contribution in [0.1, 0.15) is 47.2 Å². The molecule has 1 aliphatic heterocycles. The molecule has 0 bridgehead atoms. The van der Waals surface area contributed by atoms with Gasteiger partial charge in [0.1, 0.15) is 22.5 Å². The molecule has 0 spiro atoms. The Morgan fingerprint density at radius 3 is 2.69 bits per heavy atom. The number of esters is 1. The Labute approximate surface area is 190 Å². The fraction of sp³-hybridized carbons (Fsp3) is 0.435. The number of amides is 1. The Morgan fingerprint density at radius 2 is 2.03 bits per heavy atom. The number of hydrogen-bond donors (Lipinski definition) is 1. The standard InChI is InChI=1S/C23H25FN4O3S/c1-2-31-23(30)21-17(15-6-7-15)14-32-22(21)26-20(29)13-27-8-10-28(11-9-27)19-5-3-4-18(24)16(19)12-25/h3-5,14-15H,2,6-11,13H2,1H3,(H,26,29). The topological polar surface area (TPSA) is 85.7 Å². The molecule has 1 aliphatic carbocycles. The van der Waals surface area contributed by atoms with Gasteiger partial charge in [0.15, 0.2) is 0 Å². The van der Waals surface area contributed by atoms with Crippen LogP contribution < -0.4 is 10.2 Å². The number of thiophene rings is 1. The van der Waals surface area contributed by atoms with Gasteiger partial charge in [0.05, 0.1) is 24.4 Å². The maximum absolute atomic E-state index is 13.9. The lowest BCUT2D eigenvalue weighted by atomic mass is 10.1. The van der Waals surface area contributed by atoms with E-state index in [-0.39, 0.29) is 30.6 Å². The van der Waals surface area contributed by atoms with Crippen molar-refractivity contribution in [3.63, 3.8) is 0 Å². The summed E-state index contributed by atoms with van der Waals surface area (Å²) in [5, 5.41) is 14.7. The van der Waals surface area contributed by atoms with E-state index in [4.69, 9.17) is 4.74 Å². The van der Waals surface area contributed by atoms with Crippen molar-refractivity contribution in [1.29, 1.82) is 5.26 Å². The van der Waals surface area contributed by atoms with Crippen molar-refractivity contribution in [2.75, 3.05) is 49.5 Å². The molecule has 168 valence electrons. The molecule has 0 atom stereocenters. The Morgan fingerprint density at radius 1 is 1.28 bits per heavy atom. The summed E-state index contributed by atoms with van der Waals surface area (Å²) in [6.07, 6.45) is 2.11. The van der Waals surface area contributed by atoms with Gasteiger partial charge in [-0.3, -0.25) is 9.69 Å². The Kier molecular flexibility index (Phi) is 6.72. The van der Waals surface area contributed by atoms with Crippen molar-refractivity contribution in [2.45, 2.75) is 25.7 Å². The molecule has 1 saturated carbocycles. The van der Waals surface area contributed by atoms with Crippen molar-refractivity contribution in [2.24, 2.45) is 0 Å². The molecule has 4 rings (SSSR count). The number of benzene rings is 1. The quantitative estimate of drug-likeness (QED) is 0.641. The van der Waals surface area contributed by atoms with E-state index in [1.807, 2.05) is 21.2 Å². The fourth-order valence-electron chi connectivity index (χ4n) is 3.97. The lowest BCUT2D eigenvalue weighted by molar-refractivity contribution is -0.117. The van der Waals surface area contributed by atoms with E-state index in [9.17, 15) is 19.2 Å². The average Bonchev–Trinajstić information content (AvgIpc) is 3.54. The van der Waals surface area contributed by atoms with Gasteiger partial charge in [-0.05, 0) is 48.8 Å². The van der Waals surface area contributed by atoms with E-state index in [1.165, 1.54) is 17.4 Å². The number of ether oxygens (including phenoxy) is 1. The van der Waals surface area contributed by atoms with E-state index in [0.717, 1.165) is 18.4 Å². The molecule has 7 nitrogen and oxygen atoms in total. The molecular weight excluding hydrogens is 431 g/mol. The molecule has 1 N–H and O–H groups in total. The van der Waals surface area contributed by atoms with Crippen LogP contribution in [0.4, 0.5) is 15.1 Å². The number of nitrogens with zero attached hydrogens (tertiary/aromatic N) is 3. The number of anilines is 2. The van der Waals surface area contributed by atoms with E-state index in [1.54, 1.807) is 19.1 Å². The van der Waals surface area contributed by atoms with Crippen molar-refractivity contribution in [3.05, 3.63) is 46.1 Å². The van der Waals surface area contributed by atoms with Crippen molar-refractivity contribution in [1.82, 2.24) is 4.90 Å². The Hall–Kier alpha value is -2.96. The third-order valence-corrected chi connectivity index (χ3v) is 6.67. The Balaban J connectivity index is 1.36. The lowest BCUT2D eigenvalue weighted by Crippen LogP contribution is -2.49. The normalized spacial score (nSPS) is 16.5. The van der Waals surface area contributed by atoms with E-state index in [2.05, 4.69) is 5.32 Å². The largest absolute Gasteiger partial charge is 0.462 e.